The van der Waals surface area contributed by atoms with E-state index in [9.17, 15) is 13.5 Å². The Morgan fingerprint density at radius 1 is 1.35 bits per heavy atom. The van der Waals surface area contributed by atoms with E-state index in [1.54, 1.807) is 23.1 Å². The largest absolute Gasteiger partial charge is 0.508 e. The number of benzene rings is 1. The molecular weight excluding hydrogens is 242 g/mol. The minimum atomic E-state index is -3.96. The smallest absolute Gasteiger partial charge is 0.266 e. The number of hydrogen-bond acceptors (Lipinski definition) is 4. The Morgan fingerprint density at radius 3 is 2.53 bits per heavy atom. The van der Waals surface area contributed by atoms with E-state index in [2.05, 4.69) is 0 Å². The van der Waals surface area contributed by atoms with Gasteiger partial charge in [-0.25, -0.2) is 0 Å². The molecule has 0 radical (unpaired) electrons. The lowest BCUT2D eigenvalue weighted by atomic mass is 10.1. The Bertz CT molecular complexity index is 484. The van der Waals surface area contributed by atoms with Gasteiger partial charge in [0, 0.05) is 24.8 Å². The highest BCUT2D eigenvalue weighted by molar-refractivity contribution is 7.85. The van der Waals surface area contributed by atoms with Crippen LogP contribution in [0.15, 0.2) is 18.2 Å². The molecule has 0 saturated carbocycles. The molecule has 96 valence electrons. The predicted molar refractivity (Wildman–Crippen MR) is 67.1 cm³/mol. The Morgan fingerprint density at radius 2 is 2.00 bits per heavy atom. The lowest BCUT2D eigenvalue weighted by molar-refractivity contribution is 0.475. The molecule has 0 unspecified atom stereocenters. The molecule has 0 amide bonds. The van der Waals surface area contributed by atoms with Crippen LogP contribution in [0.3, 0.4) is 0 Å². The molecule has 0 atom stereocenters. The number of anilines is 1. The van der Waals surface area contributed by atoms with Crippen molar-refractivity contribution in [3.63, 3.8) is 0 Å². The number of rotatable bonds is 5. The van der Waals surface area contributed by atoms with Gasteiger partial charge < -0.3 is 10.0 Å². The second kappa shape index (κ2) is 5.37. The minimum Gasteiger partial charge on any atom is -0.508 e. The summed E-state index contributed by atoms with van der Waals surface area (Å²) in [6.45, 7) is 4.55. The zero-order chi connectivity index (χ0) is 13.1. The Labute approximate surface area is 101 Å². The van der Waals surface area contributed by atoms with Crippen LogP contribution in [0, 0.1) is 6.92 Å². The molecule has 0 aromatic heterocycles. The van der Waals surface area contributed by atoms with Crippen LogP contribution in [0.4, 0.5) is 5.69 Å². The molecule has 5 nitrogen and oxygen atoms in total. The SMILES string of the molecule is CCN(CCS(=O)(=O)O)c1cc(O)ccc1C. The first-order valence-corrected chi connectivity index (χ1v) is 6.94. The van der Waals surface area contributed by atoms with Gasteiger partial charge in [-0.2, -0.15) is 8.42 Å². The summed E-state index contributed by atoms with van der Waals surface area (Å²) >= 11 is 0. The van der Waals surface area contributed by atoms with E-state index in [1.165, 1.54) is 0 Å². The van der Waals surface area contributed by atoms with Crippen LogP contribution in [-0.4, -0.2) is 36.9 Å². The van der Waals surface area contributed by atoms with E-state index in [4.69, 9.17) is 4.55 Å². The maximum Gasteiger partial charge on any atom is 0.266 e. The molecule has 0 saturated heterocycles. The molecule has 0 fully saturated rings. The van der Waals surface area contributed by atoms with Crippen molar-refractivity contribution in [2.24, 2.45) is 0 Å². The van der Waals surface area contributed by atoms with Gasteiger partial charge in [0.05, 0.1) is 5.75 Å². The van der Waals surface area contributed by atoms with Gasteiger partial charge in [-0.05, 0) is 25.5 Å². The molecule has 1 aromatic rings. The van der Waals surface area contributed by atoms with Gasteiger partial charge in [-0.15, -0.1) is 0 Å². The second-order valence-corrected chi connectivity index (χ2v) is 5.41. The zero-order valence-corrected chi connectivity index (χ0v) is 10.7. The topological polar surface area (TPSA) is 77.8 Å². The van der Waals surface area contributed by atoms with E-state index in [0.29, 0.717) is 6.54 Å². The maximum atomic E-state index is 10.7. The summed E-state index contributed by atoms with van der Waals surface area (Å²) in [5.74, 6) is -0.188. The van der Waals surface area contributed by atoms with Crippen molar-refractivity contribution in [2.45, 2.75) is 13.8 Å². The quantitative estimate of drug-likeness (QED) is 0.782. The van der Waals surface area contributed by atoms with Crippen molar-refractivity contribution in [3.8, 4) is 5.75 Å². The van der Waals surface area contributed by atoms with Crippen molar-refractivity contribution in [3.05, 3.63) is 23.8 Å². The fourth-order valence-electron chi connectivity index (χ4n) is 1.61. The third-order valence-corrected chi connectivity index (χ3v) is 3.23. The Hall–Kier alpha value is -1.27. The van der Waals surface area contributed by atoms with Crippen molar-refractivity contribution in [2.75, 3.05) is 23.7 Å². The zero-order valence-electron chi connectivity index (χ0n) is 9.92. The van der Waals surface area contributed by atoms with Crippen LogP contribution in [0.2, 0.25) is 0 Å². The van der Waals surface area contributed by atoms with Crippen molar-refractivity contribution >= 4 is 15.8 Å². The molecule has 17 heavy (non-hydrogen) atoms. The number of phenols is 1. The number of aromatic hydroxyl groups is 1. The first-order chi connectivity index (χ1) is 7.83. The van der Waals surface area contributed by atoms with Gasteiger partial charge in [-0.1, -0.05) is 6.07 Å². The standard InChI is InChI=1S/C11H17NO4S/c1-3-12(6-7-17(14,15)16)11-8-10(13)5-4-9(11)2/h4-5,8,13H,3,6-7H2,1-2H3,(H,14,15,16). The van der Waals surface area contributed by atoms with Crippen molar-refractivity contribution in [1.29, 1.82) is 0 Å². The average molecular weight is 259 g/mol. The molecule has 0 aliphatic carbocycles. The highest BCUT2D eigenvalue weighted by Crippen LogP contribution is 2.24. The lowest BCUT2D eigenvalue weighted by Crippen LogP contribution is -2.29. The van der Waals surface area contributed by atoms with E-state index < -0.39 is 10.1 Å². The summed E-state index contributed by atoms with van der Waals surface area (Å²) in [5.41, 5.74) is 1.72. The van der Waals surface area contributed by atoms with Crippen LogP contribution < -0.4 is 4.90 Å². The molecule has 2 N–H and O–H groups in total. The van der Waals surface area contributed by atoms with E-state index >= 15 is 0 Å². The summed E-state index contributed by atoms with van der Waals surface area (Å²) in [4.78, 5) is 1.79. The highest BCUT2D eigenvalue weighted by Gasteiger charge is 2.12. The average Bonchev–Trinajstić information content (AvgIpc) is 2.22. The fourth-order valence-corrected chi connectivity index (χ4v) is 2.06. The minimum absolute atomic E-state index is 0.135. The summed E-state index contributed by atoms with van der Waals surface area (Å²) < 4.78 is 30.2. The second-order valence-electron chi connectivity index (χ2n) is 3.84. The summed E-state index contributed by atoms with van der Waals surface area (Å²) in [5, 5.41) is 9.42. The van der Waals surface area contributed by atoms with Crippen LogP contribution in [0.5, 0.6) is 5.75 Å². The number of nitrogens with zero attached hydrogens (tertiary/aromatic N) is 1. The Balaban J connectivity index is 2.90. The maximum absolute atomic E-state index is 10.7. The van der Waals surface area contributed by atoms with Gasteiger partial charge in [0.15, 0.2) is 0 Å². The van der Waals surface area contributed by atoms with Gasteiger partial charge in [0.25, 0.3) is 10.1 Å². The van der Waals surface area contributed by atoms with Crippen molar-refractivity contribution < 1.29 is 18.1 Å². The first-order valence-electron chi connectivity index (χ1n) is 5.33. The molecule has 0 aliphatic rings. The van der Waals surface area contributed by atoms with Crippen molar-refractivity contribution in [1.82, 2.24) is 0 Å². The summed E-state index contributed by atoms with van der Waals surface area (Å²) in [6, 6.07) is 4.93. The van der Waals surface area contributed by atoms with Crippen LogP contribution in [-0.2, 0) is 10.1 Å². The number of aryl methyl sites for hydroxylation is 1. The lowest BCUT2D eigenvalue weighted by Gasteiger charge is -2.24. The fraction of sp³-hybridized carbons (Fsp3) is 0.455. The monoisotopic (exact) mass is 259 g/mol. The number of phenolic OH excluding ortho intramolecular Hbond substituents is 1. The molecule has 0 spiro atoms. The molecule has 1 aromatic carbocycles. The van der Waals surface area contributed by atoms with E-state index in [1.807, 2.05) is 13.8 Å². The van der Waals surface area contributed by atoms with Gasteiger partial charge in [0.1, 0.15) is 5.75 Å². The van der Waals surface area contributed by atoms with Gasteiger partial charge in [0.2, 0.25) is 0 Å². The van der Waals surface area contributed by atoms with E-state index in [-0.39, 0.29) is 18.0 Å². The molecular formula is C11H17NO4S. The molecule has 0 bridgehead atoms. The molecule has 0 aliphatic heterocycles. The third-order valence-electron chi connectivity index (χ3n) is 2.53. The molecule has 0 heterocycles. The van der Waals surface area contributed by atoms with Crippen LogP contribution in [0.1, 0.15) is 12.5 Å². The summed E-state index contributed by atoms with van der Waals surface area (Å²) in [7, 11) is -3.96. The normalized spacial score (nSPS) is 11.5. The van der Waals surface area contributed by atoms with Crippen LogP contribution in [0.25, 0.3) is 0 Å². The first kappa shape index (κ1) is 13.8. The highest BCUT2D eigenvalue weighted by atomic mass is 32.2. The van der Waals surface area contributed by atoms with Crippen LogP contribution >= 0.6 is 0 Å². The number of hydrogen-bond donors (Lipinski definition) is 2. The third kappa shape index (κ3) is 4.24. The molecule has 6 heteroatoms. The van der Waals surface area contributed by atoms with Gasteiger partial charge >= 0.3 is 0 Å². The van der Waals surface area contributed by atoms with E-state index in [0.717, 1.165) is 11.3 Å². The Kier molecular flexibility index (Phi) is 4.36. The van der Waals surface area contributed by atoms with Gasteiger partial charge in [-0.3, -0.25) is 4.55 Å². The summed E-state index contributed by atoms with van der Waals surface area (Å²) in [6.07, 6.45) is 0. The molecule has 1 rings (SSSR count). The predicted octanol–water partition coefficient (Wildman–Crippen LogP) is 1.41.